The third-order valence-corrected chi connectivity index (χ3v) is 3.98. The summed E-state index contributed by atoms with van der Waals surface area (Å²) >= 11 is 0. The van der Waals surface area contributed by atoms with Crippen molar-refractivity contribution >= 4 is 0 Å². The summed E-state index contributed by atoms with van der Waals surface area (Å²) in [6, 6.07) is 0.722. The quantitative estimate of drug-likeness (QED) is 0.750. The van der Waals surface area contributed by atoms with Gasteiger partial charge in [0.15, 0.2) is 0 Å². The summed E-state index contributed by atoms with van der Waals surface area (Å²) in [5, 5.41) is 9.18. The predicted molar refractivity (Wildman–Crippen MR) is 93.8 cm³/mol. The van der Waals surface area contributed by atoms with Crippen molar-refractivity contribution in [2.45, 2.75) is 71.9 Å². The van der Waals surface area contributed by atoms with Gasteiger partial charge in [-0.2, -0.15) is 0 Å². The molecule has 1 fully saturated rings. The molecule has 2 aliphatic rings. The molecule has 3 heteroatoms. The Kier molecular flexibility index (Phi) is 13.1. The van der Waals surface area contributed by atoms with E-state index in [2.05, 4.69) is 42.8 Å². The molecule has 126 valence electrons. The van der Waals surface area contributed by atoms with E-state index in [1.807, 2.05) is 13.8 Å². The molecular weight excluding hydrogens is 260 g/mol. The van der Waals surface area contributed by atoms with Crippen molar-refractivity contribution in [1.82, 2.24) is 9.80 Å². The van der Waals surface area contributed by atoms with E-state index in [1.54, 1.807) is 0 Å². The van der Waals surface area contributed by atoms with Gasteiger partial charge in [0.25, 0.3) is 0 Å². The van der Waals surface area contributed by atoms with Crippen LogP contribution in [0.25, 0.3) is 0 Å². The zero-order chi connectivity index (χ0) is 16.1. The van der Waals surface area contributed by atoms with E-state index >= 15 is 0 Å². The Hall–Kier alpha value is -0.380. The molecule has 0 saturated carbocycles. The molecular formula is C18H38N2O. The Balaban J connectivity index is 0.000000342. The van der Waals surface area contributed by atoms with Gasteiger partial charge in [-0.05, 0) is 59.5 Å². The Labute approximate surface area is 133 Å². The van der Waals surface area contributed by atoms with Crippen molar-refractivity contribution in [3.8, 4) is 0 Å². The highest BCUT2D eigenvalue weighted by atomic mass is 16.3. The summed E-state index contributed by atoms with van der Waals surface area (Å²) < 4.78 is 0. The Morgan fingerprint density at radius 2 is 1.52 bits per heavy atom. The first-order valence-corrected chi connectivity index (χ1v) is 8.85. The maximum Gasteiger partial charge on any atom is 0.0553 e. The summed E-state index contributed by atoms with van der Waals surface area (Å²) in [7, 11) is 2.11. The Morgan fingerprint density at radius 1 is 0.952 bits per heavy atom. The third kappa shape index (κ3) is 10.9. The van der Waals surface area contributed by atoms with Crippen LogP contribution >= 0.6 is 0 Å². The first-order chi connectivity index (χ1) is 10.1. The van der Waals surface area contributed by atoms with Crippen molar-refractivity contribution in [2.24, 2.45) is 0 Å². The van der Waals surface area contributed by atoms with Crippen molar-refractivity contribution in [3.05, 3.63) is 12.2 Å². The molecule has 1 N–H and O–H groups in total. The van der Waals surface area contributed by atoms with Crippen LogP contribution in [-0.4, -0.2) is 60.3 Å². The highest BCUT2D eigenvalue weighted by Crippen LogP contribution is 2.08. The molecule has 2 rings (SSSR count). The summed E-state index contributed by atoms with van der Waals surface area (Å²) in [5.41, 5.74) is 0. The molecule has 0 spiro atoms. The van der Waals surface area contributed by atoms with Gasteiger partial charge in [-0.1, -0.05) is 26.0 Å². The summed E-state index contributed by atoms with van der Waals surface area (Å²) in [4.78, 5) is 4.80. The number of aliphatic hydroxyl groups excluding tert-OH is 1. The van der Waals surface area contributed by atoms with E-state index in [0.717, 1.165) is 38.4 Å². The lowest BCUT2D eigenvalue weighted by Gasteiger charge is -2.23. The van der Waals surface area contributed by atoms with Crippen molar-refractivity contribution < 1.29 is 5.11 Å². The maximum absolute atomic E-state index is 9.18. The molecule has 0 aliphatic carbocycles. The number of hydrogen-bond donors (Lipinski definition) is 1. The van der Waals surface area contributed by atoms with E-state index in [9.17, 15) is 5.11 Å². The number of rotatable bonds is 1. The van der Waals surface area contributed by atoms with Gasteiger partial charge in [0, 0.05) is 25.7 Å². The molecule has 0 aromatic carbocycles. The average molecular weight is 299 g/mol. The third-order valence-electron chi connectivity index (χ3n) is 3.98. The van der Waals surface area contributed by atoms with Gasteiger partial charge in [0.2, 0.25) is 0 Å². The minimum Gasteiger partial charge on any atom is -0.393 e. The van der Waals surface area contributed by atoms with Crippen LogP contribution in [0.15, 0.2) is 12.2 Å². The topological polar surface area (TPSA) is 26.7 Å². The van der Waals surface area contributed by atoms with Crippen molar-refractivity contribution in [3.63, 3.8) is 0 Å². The van der Waals surface area contributed by atoms with E-state index < -0.39 is 0 Å². The molecule has 2 aliphatic heterocycles. The van der Waals surface area contributed by atoms with Crippen LogP contribution in [0, 0.1) is 0 Å². The molecule has 0 bridgehead atoms. The van der Waals surface area contributed by atoms with E-state index in [-0.39, 0.29) is 6.10 Å². The van der Waals surface area contributed by atoms with Crippen LogP contribution in [0.4, 0.5) is 0 Å². The molecule has 1 saturated heterocycles. The monoisotopic (exact) mass is 298 g/mol. The van der Waals surface area contributed by atoms with Crippen LogP contribution in [0.5, 0.6) is 0 Å². The van der Waals surface area contributed by atoms with Crippen molar-refractivity contribution in [2.75, 3.05) is 33.2 Å². The minimum atomic E-state index is -0.0325. The molecule has 0 aromatic rings. The molecule has 21 heavy (non-hydrogen) atoms. The highest BCUT2D eigenvalue weighted by Gasteiger charge is 2.10. The minimum absolute atomic E-state index is 0.0325. The molecule has 1 atom stereocenters. The molecule has 2 heterocycles. The Bertz CT molecular complexity index is 234. The molecule has 3 nitrogen and oxygen atoms in total. The predicted octanol–water partition coefficient (Wildman–Crippen LogP) is 3.54. The van der Waals surface area contributed by atoms with E-state index in [1.165, 1.54) is 25.9 Å². The fraction of sp³-hybridized carbons (Fsp3) is 0.889. The van der Waals surface area contributed by atoms with Gasteiger partial charge < -0.3 is 14.9 Å². The Morgan fingerprint density at radius 3 is 2.05 bits per heavy atom. The fourth-order valence-electron chi connectivity index (χ4n) is 2.57. The van der Waals surface area contributed by atoms with Crippen LogP contribution in [-0.2, 0) is 0 Å². The van der Waals surface area contributed by atoms with Gasteiger partial charge in [-0.25, -0.2) is 0 Å². The zero-order valence-electron chi connectivity index (χ0n) is 15.0. The van der Waals surface area contributed by atoms with E-state index in [4.69, 9.17) is 0 Å². The van der Waals surface area contributed by atoms with Gasteiger partial charge in [-0.3, -0.25) is 0 Å². The van der Waals surface area contributed by atoms with Gasteiger partial charge in [0.05, 0.1) is 6.10 Å². The SMILES string of the molecule is CC.CC(C)N1CCC=CCC1.CN1CCCC(O)CC1. The fourth-order valence-corrected chi connectivity index (χ4v) is 2.57. The summed E-state index contributed by atoms with van der Waals surface area (Å²) in [6.45, 7) is 13.2. The number of likely N-dealkylation sites (tertiary alicyclic amines) is 1. The van der Waals surface area contributed by atoms with Gasteiger partial charge >= 0.3 is 0 Å². The van der Waals surface area contributed by atoms with Gasteiger partial charge in [-0.15, -0.1) is 0 Å². The highest BCUT2D eigenvalue weighted by molar-refractivity contribution is 4.87. The summed E-state index contributed by atoms with van der Waals surface area (Å²) in [6.07, 6.45) is 10.1. The van der Waals surface area contributed by atoms with E-state index in [0.29, 0.717) is 0 Å². The molecule has 1 unspecified atom stereocenters. The van der Waals surface area contributed by atoms with Gasteiger partial charge in [0.1, 0.15) is 0 Å². The first kappa shape index (κ1) is 20.6. The van der Waals surface area contributed by atoms with Crippen LogP contribution in [0.2, 0.25) is 0 Å². The van der Waals surface area contributed by atoms with Crippen molar-refractivity contribution in [1.29, 1.82) is 0 Å². The molecule has 0 aromatic heterocycles. The normalized spacial score (nSPS) is 24.2. The number of hydrogen-bond acceptors (Lipinski definition) is 3. The second-order valence-electron chi connectivity index (χ2n) is 6.07. The smallest absolute Gasteiger partial charge is 0.0553 e. The van der Waals surface area contributed by atoms with Crippen LogP contribution < -0.4 is 0 Å². The average Bonchev–Trinajstić information content (AvgIpc) is 2.85. The number of nitrogens with zero attached hydrogens (tertiary/aromatic N) is 2. The van der Waals surface area contributed by atoms with Crippen LogP contribution in [0.1, 0.15) is 59.8 Å². The lowest BCUT2D eigenvalue weighted by Crippen LogP contribution is -2.31. The zero-order valence-corrected chi connectivity index (χ0v) is 15.0. The largest absolute Gasteiger partial charge is 0.393 e. The molecule has 0 radical (unpaired) electrons. The number of aliphatic hydroxyl groups is 1. The maximum atomic E-state index is 9.18. The second kappa shape index (κ2) is 13.3. The summed E-state index contributed by atoms with van der Waals surface area (Å²) in [5.74, 6) is 0. The van der Waals surface area contributed by atoms with Crippen LogP contribution in [0.3, 0.4) is 0 Å². The first-order valence-electron chi connectivity index (χ1n) is 8.85. The molecule has 0 amide bonds. The second-order valence-corrected chi connectivity index (χ2v) is 6.07. The standard InChI is InChI=1S/C9H17N.C7H15NO.C2H6/c1-9(2)10-7-5-3-4-6-8-10;1-8-5-2-3-7(9)4-6-8;1-2/h3-4,9H,5-8H2,1-2H3;7,9H,2-6H2,1H3;1-2H3. The lowest BCUT2D eigenvalue weighted by molar-refractivity contribution is 0.157. The lowest BCUT2D eigenvalue weighted by atomic mass is 10.2.